The van der Waals surface area contributed by atoms with Crippen molar-refractivity contribution < 1.29 is 8.78 Å². The van der Waals surface area contributed by atoms with Crippen LogP contribution in [0.2, 0.25) is 0 Å². The van der Waals surface area contributed by atoms with Gasteiger partial charge in [-0.15, -0.1) is 11.3 Å². The molecule has 1 aromatic heterocycles. The fraction of sp³-hybridized carbons (Fsp3) is 0.333. The van der Waals surface area contributed by atoms with Crippen LogP contribution >= 0.6 is 11.3 Å². The molecule has 100 valence electrons. The van der Waals surface area contributed by atoms with Gasteiger partial charge in [0.15, 0.2) is 0 Å². The lowest BCUT2D eigenvalue weighted by atomic mass is 9.80. The van der Waals surface area contributed by atoms with Crippen LogP contribution in [0.4, 0.5) is 8.78 Å². The Labute approximate surface area is 115 Å². The second-order valence-corrected chi connectivity index (χ2v) is 5.99. The largest absolute Gasteiger partial charge is 0.323 e. The molecule has 2 aromatic rings. The minimum atomic E-state index is -0.562. The van der Waals surface area contributed by atoms with E-state index in [0.29, 0.717) is 5.56 Å². The smallest absolute Gasteiger partial charge is 0.130 e. The zero-order valence-corrected chi connectivity index (χ0v) is 11.2. The maximum absolute atomic E-state index is 13.8. The third kappa shape index (κ3) is 2.30. The Hall–Kier alpha value is -1.26. The summed E-state index contributed by atoms with van der Waals surface area (Å²) in [5.41, 5.74) is 7.89. The minimum absolute atomic E-state index is 0.134. The third-order valence-electron chi connectivity index (χ3n) is 3.85. The molecule has 0 aliphatic heterocycles. The second kappa shape index (κ2) is 5.02. The average Bonchev–Trinajstić information content (AvgIpc) is 2.86. The number of thiophene rings is 1. The normalized spacial score (nSPS) is 20.1. The summed E-state index contributed by atoms with van der Waals surface area (Å²) < 4.78 is 26.8. The first-order valence-electron chi connectivity index (χ1n) is 6.43. The summed E-state index contributed by atoms with van der Waals surface area (Å²) in [5, 5.41) is 2.07. The van der Waals surface area contributed by atoms with Crippen molar-refractivity contribution in [1.82, 2.24) is 0 Å². The number of hydrogen-bond donors (Lipinski definition) is 1. The van der Waals surface area contributed by atoms with E-state index in [9.17, 15) is 8.78 Å². The molecule has 0 bridgehead atoms. The van der Waals surface area contributed by atoms with Gasteiger partial charge in [-0.05, 0) is 42.3 Å². The van der Waals surface area contributed by atoms with Crippen molar-refractivity contribution in [3.63, 3.8) is 0 Å². The van der Waals surface area contributed by atoms with Crippen LogP contribution in [0.5, 0.6) is 0 Å². The summed E-state index contributed by atoms with van der Waals surface area (Å²) in [6.45, 7) is 0. The topological polar surface area (TPSA) is 26.0 Å². The van der Waals surface area contributed by atoms with Crippen LogP contribution in [-0.2, 0) is 6.42 Å². The summed E-state index contributed by atoms with van der Waals surface area (Å²) in [4.78, 5) is 1.36. The van der Waals surface area contributed by atoms with E-state index >= 15 is 0 Å². The van der Waals surface area contributed by atoms with Crippen molar-refractivity contribution in [2.75, 3.05) is 0 Å². The molecule has 19 heavy (non-hydrogen) atoms. The van der Waals surface area contributed by atoms with Crippen LogP contribution in [0.1, 0.15) is 40.8 Å². The highest BCUT2D eigenvalue weighted by molar-refractivity contribution is 7.10. The van der Waals surface area contributed by atoms with Crippen molar-refractivity contribution in [3.05, 3.63) is 57.3 Å². The molecule has 1 aliphatic rings. The van der Waals surface area contributed by atoms with E-state index in [1.54, 1.807) is 11.3 Å². The van der Waals surface area contributed by atoms with Gasteiger partial charge < -0.3 is 5.73 Å². The van der Waals surface area contributed by atoms with Crippen molar-refractivity contribution >= 4 is 11.3 Å². The SMILES string of the molecule is NC(c1ccc(F)cc1F)C1CCCc2sccc21. The predicted octanol–water partition coefficient (Wildman–Crippen LogP) is 4.15. The highest BCUT2D eigenvalue weighted by atomic mass is 32.1. The Morgan fingerprint density at radius 3 is 2.89 bits per heavy atom. The van der Waals surface area contributed by atoms with E-state index in [2.05, 4.69) is 11.4 Å². The fourth-order valence-corrected chi connectivity index (χ4v) is 3.88. The molecule has 1 nitrogen and oxygen atoms in total. The monoisotopic (exact) mass is 279 g/mol. The number of halogens is 2. The zero-order valence-electron chi connectivity index (χ0n) is 10.4. The number of nitrogens with two attached hydrogens (primary N) is 1. The maximum atomic E-state index is 13.8. The molecule has 0 radical (unpaired) electrons. The van der Waals surface area contributed by atoms with Gasteiger partial charge >= 0.3 is 0 Å². The Balaban J connectivity index is 1.95. The summed E-state index contributed by atoms with van der Waals surface area (Å²) in [6, 6.07) is 5.33. The molecule has 1 heterocycles. The Morgan fingerprint density at radius 1 is 1.26 bits per heavy atom. The molecule has 1 aromatic carbocycles. The Morgan fingerprint density at radius 2 is 2.11 bits per heavy atom. The van der Waals surface area contributed by atoms with Crippen LogP contribution in [0.25, 0.3) is 0 Å². The number of hydrogen-bond acceptors (Lipinski definition) is 2. The first-order valence-corrected chi connectivity index (χ1v) is 7.31. The van der Waals surface area contributed by atoms with Gasteiger partial charge in [-0.25, -0.2) is 8.78 Å². The summed E-state index contributed by atoms with van der Waals surface area (Å²) in [5.74, 6) is -0.974. The maximum Gasteiger partial charge on any atom is 0.130 e. The van der Waals surface area contributed by atoms with Gasteiger partial charge in [0.25, 0.3) is 0 Å². The van der Waals surface area contributed by atoms with Gasteiger partial charge in [-0.2, -0.15) is 0 Å². The van der Waals surface area contributed by atoms with E-state index in [0.717, 1.165) is 25.3 Å². The molecule has 4 heteroatoms. The standard InChI is InChI=1S/C15H15F2NS/c16-9-4-5-12(13(17)8-9)15(18)11-2-1-3-14-10(11)6-7-19-14/h4-8,11,15H,1-3,18H2. The van der Waals surface area contributed by atoms with Crippen LogP contribution in [0.3, 0.4) is 0 Å². The van der Waals surface area contributed by atoms with Crippen LogP contribution in [0, 0.1) is 11.6 Å². The molecule has 0 amide bonds. The number of aryl methyl sites for hydroxylation is 1. The minimum Gasteiger partial charge on any atom is -0.323 e. The van der Waals surface area contributed by atoms with E-state index in [1.807, 2.05) is 0 Å². The van der Waals surface area contributed by atoms with Gasteiger partial charge in [0.05, 0.1) is 0 Å². The van der Waals surface area contributed by atoms with Gasteiger partial charge in [0, 0.05) is 28.5 Å². The van der Waals surface area contributed by atoms with Crippen molar-refractivity contribution in [1.29, 1.82) is 0 Å². The number of rotatable bonds is 2. The first kappa shape index (κ1) is 12.8. The van der Waals surface area contributed by atoms with E-state index in [-0.39, 0.29) is 5.92 Å². The first-order chi connectivity index (χ1) is 9.16. The number of fused-ring (bicyclic) bond motifs is 1. The molecule has 3 rings (SSSR count). The van der Waals surface area contributed by atoms with Crippen LogP contribution in [0.15, 0.2) is 29.6 Å². The van der Waals surface area contributed by atoms with Gasteiger partial charge in [0.2, 0.25) is 0 Å². The third-order valence-corrected chi connectivity index (χ3v) is 4.85. The highest BCUT2D eigenvalue weighted by Crippen LogP contribution is 2.41. The van der Waals surface area contributed by atoms with Crippen molar-refractivity contribution in [2.45, 2.75) is 31.2 Å². The quantitative estimate of drug-likeness (QED) is 0.878. The molecule has 0 saturated heterocycles. The second-order valence-electron chi connectivity index (χ2n) is 4.99. The molecule has 2 atom stereocenters. The van der Waals surface area contributed by atoms with Crippen molar-refractivity contribution in [3.8, 4) is 0 Å². The zero-order chi connectivity index (χ0) is 13.4. The molecule has 0 fully saturated rings. The molecule has 0 saturated carbocycles. The van der Waals surface area contributed by atoms with E-state index in [4.69, 9.17) is 5.73 Å². The lowest BCUT2D eigenvalue weighted by molar-refractivity contribution is 0.459. The Bertz CT molecular complexity index is 594. The van der Waals surface area contributed by atoms with Crippen molar-refractivity contribution in [2.24, 2.45) is 5.73 Å². The predicted molar refractivity (Wildman–Crippen MR) is 73.3 cm³/mol. The summed E-state index contributed by atoms with van der Waals surface area (Å²) in [6.07, 6.45) is 3.12. The van der Waals surface area contributed by atoms with E-state index < -0.39 is 17.7 Å². The fourth-order valence-electron chi connectivity index (χ4n) is 2.88. The van der Waals surface area contributed by atoms with Gasteiger partial charge in [0.1, 0.15) is 11.6 Å². The molecule has 2 unspecified atom stereocenters. The van der Waals surface area contributed by atoms with Gasteiger partial charge in [-0.3, -0.25) is 0 Å². The summed E-state index contributed by atoms with van der Waals surface area (Å²) >= 11 is 1.74. The summed E-state index contributed by atoms with van der Waals surface area (Å²) in [7, 11) is 0. The van der Waals surface area contributed by atoms with Crippen LogP contribution < -0.4 is 5.73 Å². The molecule has 2 N–H and O–H groups in total. The Kier molecular flexibility index (Phi) is 3.37. The number of benzene rings is 1. The molecular formula is C15H15F2NS. The van der Waals surface area contributed by atoms with Gasteiger partial charge in [-0.1, -0.05) is 6.07 Å². The molecular weight excluding hydrogens is 264 g/mol. The lowest BCUT2D eigenvalue weighted by Crippen LogP contribution is -2.23. The highest BCUT2D eigenvalue weighted by Gasteiger charge is 2.28. The van der Waals surface area contributed by atoms with E-state index in [1.165, 1.54) is 22.6 Å². The average molecular weight is 279 g/mol. The van der Waals surface area contributed by atoms with Crippen LogP contribution in [-0.4, -0.2) is 0 Å². The lowest BCUT2D eigenvalue weighted by Gasteiger charge is -2.28. The molecule has 1 aliphatic carbocycles. The molecule has 0 spiro atoms.